The summed E-state index contributed by atoms with van der Waals surface area (Å²) in [5, 5.41) is 16.0. The van der Waals surface area contributed by atoms with E-state index in [0.717, 1.165) is 73.6 Å². The van der Waals surface area contributed by atoms with Gasteiger partial charge in [0, 0.05) is 72.0 Å². The summed E-state index contributed by atoms with van der Waals surface area (Å²) in [6, 6.07) is 24.6. The number of hydrogen-bond donors (Lipinski definition) is 8. The number of fused-ring (bicyclic) bond motifs is 8. The molecule has 8 N–H and O–H groups in total. The molecule has 0 aliphatic carbocycles. The summed E-state index contributed by atoms with van der Waals surface area (Å²) in [7, 11) is -17.8. The fourth-order valence-corrected chi connectivity index (χ4v) is 13.8. The maximum absolute atomic E-state index is 12.1. The Morgan fingerprint density at radius 2 is 0.422 bits per heavy atom. The van der Waals surface area contributed by atoms with E-state index < -0.39 is 40.5 Å². The molecule has 0 radical (unpaired) electrons. The molecule has 344 valence electrons. The van der Waals surface area contributed by atoms with Crippen molar-refractivity contribution in [1.29, 1.82) is 0 Å². The van der Waals surface area contributed by atoms with Gasteiger partial charge in [0.25, 0.3) is 40.5 Å². The standard InChI is InChI=1S/C44H52N4O12S4/c49-61(50,51)29-9-1-25(2-10-29)41-33-17-19-35(45-33)42(26-3-11-30(12-4-26)62(52,53)54)37-21-23-39(47-37)44(28-7-15-32(16-8-28)64(58,59)60)40-24-22-38(48-40)43(36-20-18-34(41)46-36)27-5-13-31(14-6-27)63(55,56)57/h1-16,33-48H,17-24H2,(H,49,50,51)(H,52,53,54)(H,55,56,57)(H,58,59,60). The van der Waals surface area contributed by atoms with Gasteiger partial charge in [-0.05, 0) is 122 Å². The van der Waals surface area contributed by atoms with Crippen LogP contribution in [-0.2, 0) is 40.5 Å². The van der Waals surface area contributed by atoms with E-state index in [2.05, 4.69) is 21.3 Å². The number of hydrogen-bond acceptors (Lipinski definition) is 12. The molecule has 5 aliphatic rings. The van der Waals surface area contributed by atoms with Gasteiger partial charge in [0.05, 0.1) is 19.6 Å². The Morgan fingerprint density at radius 1 is 0.281 bits per heavy atom. The Morgan fingerprint density at radius 3 is 0.547 bits per heavy atom. The summed E-state index contributed by atoms with van der Waals surface area (Å²) < 4.78 is 136. The molecule has 5 saturated heterocycles. The Labute approximate surface area is 374 Å². The smallest absolute Gasteiger partial charge is 0.294 e. The van der Waals surface area contributed by atoms with Gasteiger partial charge in [-0.3, -0.25) is 18.2 Å². The normalized spacial score (nSPS) is 32.4. The minimum atomic E-state index is -4.45. The lowest BCUT2D eigenvalue weighted by molar-refractivity contribution is 0.305. The van der Waals surface area contributed by atoms with Crippen LogP contribution in [0.3, 0.4) is 0 Å². The van der Waals surface area contributed by atoms with Crippen LogP contribution in [0.5, 0.6) is 0 Å². The fourth-order valence-electron chi connectivity index (χ4n) is 11.9. The van der Waals surface area contributed by atoms with Crippen LogP contribution in [0.15, 0.2) is 117 Å². The fraction of sp³-hybridized carbons (Fsp3) is 0.455. The van der Waals surface area contributed by atoms with Gasteiger partial charge in [-0.15, -0.1) is 0 Å². The van der Waals surface area contributed by atoms with E-state index in [4.69, 9.17) is 0 Å². The van der Waals surface area contributed by atoms with E-state index in [1.54, 1.807) is 48.5 Å². The monoisotopic (exact) mass is 956 g/mol. The van der Waals surface area contributed by atoms with Crippen molar-refractivity contribution in [2.75, 3.05) is 0 Å². The summed E-state index contributed by atoms with van der Waals surface area (Å²) in [6.07, 6.45) is 6.03. The van der Waals surface area contributed by atoms with Gasteiger partial charge in [0.1, 0.15) is 0 Å². The molecule has 5 fully saturated rings. The first kappa shape index (κ1) is 45.5. The number of nitrogens with one attached hydrogen (secondary N) is 4. The van der Waals surface area contributed by atoms with Crippen molar-refractivity contribution >= 4 is 40.5 Å². The predicted molar refractivity (Wildman–Crippen MR) is 236 cm³/mol. The van der Waals surface area contributed by atoms with Gasteiger partial charge in [0.15, 0.2) is 0 Å². The first-order valence-corrected chi connectivity index (χ1v) is 27.3. The second kappa shape index (κ2) is 17.2. The van der Waals surface area contributed by atoms with E-state index in [-0.39, 0.29) is 91.6 Å². The number of benzene rings is 4. The van der Waals surface area contributed by atoms with E-state index >= 15 is 0 Å². The second-order valence-corrected chi connectivity index (χ2v) is 23.8. The van der Waals surface area contributed by atoms with Gasteiger partial charge >= 0.3 is 0 Å². The molecule has 0 amide bonds. The highest BCUT2D eigenvalue weighted by atomic mass is 32.2. The summed E-state index contributed by atoms with van der Waals surface area (Å²) >= 11 is 0. The third-order valence-corrected chi connectivity index (χ3v) is 18.1. The van der Waals surface area contributed by atoms with Gasteiger partial charge in [-0.25, -0.2) is 0 Å². The van der Waals surface area contributed by atoms with Crippen LogP contribution in [0.1, 0.15) is 97.3 Å². The topological polar surface area (TPSA) is 266 Å². The van der Waals surface area contributed by atoms with Crippen LogP contribution in [0.25, 0.3) is 0 Å². The minimum absolute atomic E-state index is 0.0990. The molecule has 4 aromatic carbocycles. The lowest BCUT2D eigenvalue weighted by atomic mass is 9.83. The third kappa shape index (κ3) is 9.21. The molecular formula is C44H52N4O12S4. The average molecular weight is 957 g/mol. The Bertz CT molecular complexity index is 2380. The Balaban J connectivity index is 1.15. The van der Waals surface area contributed by atoms with E-state index in [9.17, 15) is 51.9 Å². The van der Waals surface area contributed by atoms with E-state index in [1.165, 1.54) is 48.5 Å². The first-order chi connectivity index (χ1) is 30.2. The van der Waals surface area contributed by atoms with Crippen molar-refractivity contribution in [3.63, 3.8) is 0 Å². The first-order valence-electron chi connectivity index (χ1n) is 21.6. The van der Waals surface area contributed by atoms with Crippen molar-refractivity contribution in [2.24, 2.45) is 0 Å². The van der Waals surface area contributed by atoms with Gasteiger partial charge in [-0.2, -0.15) is 33.7 Å². The molecule has 0 saturated carbocycles. The molecule has 9 rings (SSSR count). The number of rotatable bonds is 8. The molecule has 64 heavy (non-hydrogen) atoms. The molecule has 20 heteroatoms. The van der Waals surface area contributed by atoms with E-state index in [0.29, 0.717) is 0 Å². The zero-order chi connectivity index (χ0) is 45.3. The summed E-state index contributed by atoms with van der Waals surface area (Å²) in [5.74, 6) is -0.640. The highest BCUT2D eigenvalue weighted by molar-refractivity contribution is 7.86. The lowest BCUT2D eigenvalue weighted by Crippen LogP contribution is -2.51. The molecule has 16 nitrogen and oxygen atoms in total. The zero-order valence-corrected chi connectivity index (χ0v) is 37.8. The largest absolute Gasteiger partial charge is 0.310 e. The van der Waals surface area contributed by atoms with Crippen LogP contribution >= 0.6 is 0 Å². The Hall–Kier alpha value is -3.64. The Kier molecular flexibility index (Phi) is 12.2. The van der Waals surface area contributed by atoms with Crippen LogP contribution in [-0.4, -0.2) is 100 Å². The summed E-state index contributed by atoms with van der Waals surface area (Å²) in [6.45, 7) is 0. The molecule has 0 spiro atoms. The van der Waals surface area contributed by atoms with Gasteiger partial charge in [-0.1, -0.05) is 48.5 Å². The highest BCUT2D eigenvalue weighted by Gasteiger charge is 2.49. The van der Waals surface area contributed by atoms with Crippen molar-refractivity contribution in [3.05, 3.63) is 119 Å². The molecule has 5 aliphatic heterocycles. The summed E-state index contributed by atoms with van der Waals surface area (Å²) in [5.41, 5.74) is 3.53. The molecule has 8 unspecified atom stereocenters. The molecule has 8 bridgehead atoms. The van der Waals surface area contributed by atoms with Crippen LogP contribution < -0.4 is 21.3 Å². The SMILES string of the molecule is O=S(=O)(O)c1ccc(C2C3CCC(N3)C(c3ccc(S(=O)(=O)O)cc3)C3CCC(N3)C(c3ccc(S(=O)(=O)O)cc3)C3CCC(N3)C(c3ccc(S(=O)(=O)O)cc3)C3CCC2N3)cc1. The quantitative estimate of drug-likeness (QED) is 0.112. The molecular weight excluding hydrogens is 905 g/mol. The van der Waals surface area contributed by atoms with Crippen molar-refractivity contribution in [3.8, 4) is 0 Å². The van der Waals surface area contributed by atoms with Crippen molar-refractivity contribution in [2.45, 2.75) is 143 Å². The molecule has 0 aromatic heterocycles. The zero-order valence-electron chi connectivity index (χ0n) is 34.5. The van der Waals surface area contributed by atoms with Crippen molar-refractivity contribution in [1.82, 2.24) is 21.3 Å². The van der Waals surface area contributed by atoms with E-state index in [1.807, 2.05) is 0 Å². The maximum atomic E-state index is 12.1. The van der Waals surface area contributed by atoms with Gasteiger partial charge < -0.3 is 21.3 Å². The van der Waals surface area contributed by atoms with Crippen LogP contribution in [0.4, 0.5) is 0 Å². The maximum Gasteiger partial charge on any atom is 0.294 e. The highest BCUT2D eigenvalue weighted by Crippen LogP contribution is 2.46. The second-order valence-electron chi connectivity index (χ2n) is 18.1. The van der Waals surface area contributed by atoms with Crippen LogP contribution in [0, 0.1) is 0 Å². The predicted octanol–water partition coefficient (Wildman–Crippen LogP) is 4.60. The minimum Gasteiger partial charge on any atom is -0.310 e. The van der Waals surface area contributed by atoms with Crippen molar-refractivity contribution < 1.29 is 51.9 Å². The molecule has 5 heterocycles. The summed E-state index contributed by atoms with van der Waals surface area (Å²) in [4.78, 5) is -0.844. The van der Waals surface area contributed by atoms with Gasteiger partial charge in [0.2, 0.25) is 0 Å². The lowest BCUT2D eigenvalue weighted by Gasteiger charge is -2.37. The molecule has 8 atom stereocenters. The molecule has 4 aromatic rings. The average Bonchev–Trinajstić information content (AvgIpc) is 4.08. The van der Waals surface area contributed by atoms with Crippen LogP contribution in [0.2, 0.25) is 0 Å². The third-order valence-electron chi connectivity index (χ3n) is 14.6.